The molecule has 2 aliphatic rings. The molecule has 5 heteroatoms. The van der Waals surface area contributed by atoms with E-state index in [0.29, 0.717) is 12.6 Å². The highest BCUT2D eigenvalue weighted by molar-refractivity contribution is 5.99. The molecule has 3 rings (SSSR count). The Balaban J connectivity index is 2.13. The van der Waals surface area contributed by atoms with Gasteiger partial charge in [0, 0.05) is 30.3 Å². The Morgan fingerprint density at radius 3 is 2.85 bits per heavy atom. The highest BCUT2D eigenvalue weighted by atomic mass is 16.1. The molecule has 0 bridgehead atoms. The fourth-order valence-electron chi connectivity index (χ4n) is 3.16. The number of rotatable bonds is 2. The van der Waals surface area contributed by atoms with Crippen LogP contribution in [0.1, 0.15) is 55.2 Å². The molecule has 0 aromatic carbocycles. The maximum atomic E-state index is 12.0. The second kappa shape index (κ2) is 4.45. The number of amides is 1. The van der Waals surface area contributed by atoms with E-state index in [-0.39, 0.29) is 5.91 Å². The molecule has 20 heavy (non-hydrogen) atoms. The number of hydrogen-bond acceptors (Lipinski definition) is 4. The molecule has 0 aliphatic carbocycles. The van der Waals surface area contributed by atoms with Gasteiger partial charge in [0.25, 0.3) is 5.91 Å². The van der Waals surface area contributed by atoms with Crippen molar-refractivity contribution in [1.29, 1.82) is 0 Å². The minimum absolute atomic E-state index is 0.0130. The number of nitrogens with two attached hydrogens (primary N) is 1. The van der Waals surface area contributed by atoms with E-state index in [1.165, 1.54) is 12.8 Å². The van der Waals surface area contributed by atoms with Crippen LogP contribution in [0.2, 0.25) is 0 Å². The molecule has 3 heterocycles. The number of carbonyl (C=O) groups excluding carboxylic acids is 1. The van der Waals surface area contributed by atoms with Crippen molar-refractivity contribution in [3.63, 3.8) is 0 Å². The Kier molecular flexibility index (Phi) is 2.97. The van der Waals surface area contributed by atoms with Gasteiger partial charge in [0.05, 0.1) is 11.2 Å². The Labute approximate surface area is 119 Å². The van der Waals surface area contributed by atoms with E-state index in [1.807, 2.05) is 19.9 Å². The molecule has 3 N–H and O–H groups in total. The summed E-state index contributed by atoms with van der Waals surface area (Å²) in [6.45, 7) is 7.62. The van der Waals surface area contributed by atoms with Gasteiger partial charge in [0.1, 0.15) is 5.82 Å². The van der Waals surface area contributed by atoms with Crippen LogP contribution in [0.25, 0.3) is 0 Å². The number of pyridine rings is 1. The summed E-state index contributed by atoms with van der Waals surface area (Å²) in [5, 5.41) is 2.87. The second-order valence-electron chi connectivity index (χ2n) is 6.44. The molecule has 1 amide bonds. The van der Waals surface area contributed by atoms with E-state index in [2.05, 4.69) is 17.1 Å². The van der Waals surface area contributed by atoms with Gasteiger partial charge >= 0.3 is 0 Å². The summed E-state index contributed by atoms with van der Waals surface area (Å²) in [4.78, 5) is 19.1. The normalized spacial score (nSPS) is 22.1. The number of aromatic nitrogens is 1. The summed E-state index contributed by atoms with van der Waals surface area (Å²) in [5.74, 6) is 0.875. The fraction of sp³-hybridized carbons (Fsp3) is 0.600. The highest BCUT2D eigenvalue weighted by Crippen LogP contribution is 2.32. The van der Waals surface area contributed by atoms with Gasteiger partial charge in [-0.1, -0.05) is 0 Å². The van der Waals surface area contributed by atoms with Gasteiger partial charge in [0.15, 0.2) is 0 Å². The van der Waals surface area contributed by atoms with Crippen LogP contribution in [0, 0.1) is 0 Å². The van der Waals surface area contributed by atoms with Crippen LogP contribution in [0.4, 0.5) is 5.82 Å². The summed E-state index contributed by atoms with van der Waals surface area (Å²) in [6.07, 6.45) is 2.35. The first-order valence-corrected chi connectivity index (χ1v) is 7.26. The molecule has 0 saturated carbocycles. The van der Waals surface area contributed by atoms with Gasteiger partial charge in [-0.2, -0.15) is 0 Å². The van der Waals surface area contributed by atoms with Crippen LogP contribution in [0.15, 0.2) is 6.07 Å². The lowest BCUT2D eigenvalue weighted by molar-refractivity contribution is 0.0965. The molecule has 2 aliphatic heterocycles. The van der Waals surface area contributed by atoms with Crippen LogP contribution in [-0.2, 0) is 12.1 Å². The Bertz CT molecular complexity index is 562. The lowest BCUT2D eigenvalue weighted by Crippen LogP contribution is -2.34. The van der Waals surface area contributed by atoms with Crippen LogP contribution in [-0.4, -0.2) is 23.5 Å². The SMILES string of the molecule is C[C@@H]1CCCN1c1cc2c(c(C(C)(C)N)n1)CNC2=O. The van der Waals surface area contributed by atoms with Crippen LogP contribution in [0.3, 0.4) is 0 Å². The van der Waals surface area contributed by atoms with Gasteiger partial charge in [-0.15, -0.1) is 0 Å². The number of hydrogen-bond donors (Lipinski definition) is 2. The zero-order chi connectivity index (χ0) is 14.5. The zero-order valence-electron chi connectivity index (χ0n) is 12.4. The third kappa shape index (κ3) is 2.06. The molecular weight excluding hydrogens is 252 g/mol. The Morgan fingerprint density at radius 2 is 2.25 bits per heavy atom. The van der Waals surface area contributed by atoms with Gasteiger partial charge < -0.3 is 16.0 Å². The first-order valence-electron chi connectivity index (χ1n) is 7.26. The number of fused-ring (bicyclic) bond motifs is 1. The molecule has 0 radical (unpaired) electrons. The maximum Gasteiger partial charge on any atom is 0.252 e. The molecule has 1 fully saturated rings. The first-order chi connectivity index (χ1) is 9.38. The monoisotopic (exact) mass is 274 g/mol. The molecular formula is C15H22N4O. The quantitative estimate of drug-likeness (QED) is 0.857. The first kappa shape index (κ1) is 13.4. The largest absolute Gasteiger partial charge is 0.354 e. The molecule has 1 aromatic heterocycles. The van der Waals surface area contributed by atoms with Crippen molar-refractivity contribution >= 4 is 11.7 Å². The van der Waals surface area contributed by atoms with Crippen LogP contribution < -0.4 is 16.0 Å². The number of nitrogens with one attached hydrogen (secondary N) is 1. The van der Waals surface area contributed by atoms with Crippen molar-refractivity contribution in [1.82, 2.24) is 10.3 Å². The lowest BCUT2D eigenvalue weighted by Gasteiger charge is -2.27. The molecule has 1 aromatic rings. The van der Waals surface area contributed by atoms with E-state index in [9.17, 15) is 4.79 Å². The van der Waals surface area contributed by atoms with Crippen molar-refractivity contribution in [2.45, 2.75) is 51.7 Å². The van der Waals surface area contributed by atoms with Crippen molar-refractivity contribution in [2.24, 2.45) is 5.73 Å². The van der Waals surface area contributed by atoms with E-state index < -0.39 is 5.54 Å². The lowest BCUT2D eigenvalue weighted by atomic mass is 9.94. The molecule has 1 atom stereocenters. The standard InChI is InChI=1S/C15H22N4O/c1-9-5-4-6-19(9)12-7-10-11(8-17-14(10)20)13(18-12)15(2,3)16/h7,9H,4-6,8,16H2,1-3H3,(H,17,20)/t9-/m1/s1. The zero-order valence-corrected chi connectivity index (χ0v) is 12.4. The van der Waals surface area contributed by atoms with E-state index in [1.54, 1.807) is 0 Å². The third-order valence-corrected chi connectivity index (χ3v) is 4.24. The fourth-order valence-corrected chi connectivity index (χ4v) is 3.16. The molecule has 0 unspecified atom stereocenters. The molecule has 5 nitrogen and oxygen atoms in total. The van der Waals surface area contributed by atoms with Gasteiger partial charge in [-0.3, -0.25) is 4.79 Å². The smallest absolute Gasteiger partial charge is 0.252 e. The third-order valence-electron chi connectivity index (χ3n) is 4.24. The van der Waals surface area contributed by atoms with Crippen LogP contribution >= 0.6 is 0 Å². The second-order valence-corrected chi connectivity index (χ2v) is 6.44. The average molecular weight is 274 g/mol. The van der Waals surface area contributed by atoms with Crippen LogP contribution in [0.5, 0.6) is 0 Å². The van der Waals surface area contributed by atoms with Crippen molar-refractivity contribution in [3.8, 4) is 0 Å². The van der Waals surface area contributed by atoms with E-state index >= 15 is 0 Å². The van der Waals surface area contributed by atoms with Crippen molar-refractivity contribution in [2.75, 3.05) is 11.4 Å². The molecule has 108 valence electrons. The topological polar surface area (TPSA) is 71.2 Å². The maximum absolute atomic E-state index is 12.0. The summed E-state index contributed by atoms with van der Waals surface area (Å²) in [5.41, 5.74) is 8.24. The summed E-state index contributed by atoms with van der Waals surface area (Å²) in [7, 11) is 0. The summed E-state index contributed by atoms with van der Waals surface area (Å²) < 4.78 is 0. The van der Waals surface area contributed by atoms with Gasteiger partial charge in [-0.25, -0.2) is 4.98 Å². The number of anilines is 1. The summed E-state index contributed by atoms with van der Waals surface area (Å²) in [6, 6.07) is 2.40. The Hall–Kier alpha value is -1.62. The highest BCUT2D eigenvalue weighted by Gasteiger charge is 2.32. The van der Waals surface area contributed by atoms with Crippen molar-refractivity contribution < 1.29 is 4.79 Å². The average Bonchev–Trinajstić information content (AvgIpc) is 2.94. The minimum atomic E-state index is -0.546. The van der Waals surface area contributed by atoms with Gasteiger partial charge in [-0.05, 0) is 39.7 Å². The predicted molar refractivity (Wildman–Crippen MR) is 78.7 cm³/mol. The number of nitrogens with zero attached hydrogens (tertiary/aromatic N) is 2. The predicted octanol–water partition coefficient (Wildman–Crippen LogP) is 1.51. The minimum Gasteiger partial charge on any atom is -0.354 e. The Morgan fingerprint density at radius 1 is 1.50 bits per heavy atom. The van der Waals surface area contributed by atoms with Crippen molar-refractivity contribution in [3.05, 3.63) is 22.9 Å². The molecule has 1 saturated heterocycles. The van der Waals surface area contributed by atoms with E-state index in [0.717, 1.165) is 29.2 Å². The number of carbonyl (C=O) groups is 1. The van der Waals surface area contributed by atoms with Gasteiger partial charge in [0.2, 0.25) is 0 Å². The van der Waals surface area contributed by atoms with E-state index in [4.69, 9.17) is 10.7 Å². The molecule has 0 spiro atoms. The summed E-state index contributed by atoms with van der Waals surface area (Å²) >= 11 is 0.